The van der Waals surface area contributed by atoms with Gasteiger partial charge in [0.1, 0.15) is 5.71 Å². The van der Waals surface area contributed by atoms with E-state index in [1.165, 1.54) is 34.9 Å². The van der Waals surface area contributed by atoms with Crippen molar-refractivity contribution in [3.05, 3.63) is 101 Å². The van der Waals surface area contributed by atoms with Crippen LogP contribution in [-0.4, -0.2) is 28.3 Å². The van der Waals surface area contributed by atoms with Crippen molar-refractivity contribution in [2.24, 2.45) is 9.98 Å². The Hall–Kier alpha value is -3.38. The van der Waals surface area contributed by atoms with Crippen LogP contribution in [-0.2, 0) is 0 Å². The molecule has 12 heteroatoms. The molecule has 4 rings (SSSR count). The van der Waals surface area contributed by atoms with Crippen LogP contribution >= 0.6 is 24.0 Å². The lowest BCUT2D eigenvalue weighted by molar-refractivity contribution is -0.336. The van der Waals surface area contributed by atoms with Gasteiger partial charge in [-0.3, -0.25) is 4.57 Å². The van der Waals surface area contributed by atoms with Gasteiger partial charge in [0.05, 0.1) is 21.3 Å². The van der Waals surface area contributed by atoms with E-state index in [2.05, 4.69) is 22.6 Å². The topological polar surface area (TPSA) is 29.6 Å². The van der Waals surface area contributed by atoms with Gasteiger partial charge in [-0.15, -0.1) is 12.6 Å². The Balaban J connectivity index is 2.05. The molecule has 0 aliphatic rings. The summed E-state index contributed by atoms with van der Waals surface area (Å²) in [5.41, 5.74) is -1.27. The highest BCUT2D eigenvalue weighted by atomic mass is 32.1. The molecule has 37 heavy (non-hydrogen) atoms. The average molecular weight is 556 g/mol. The summed E-state index contributed by atoms with van der Waals surface area (Å²) in [5, 5.41) is -0.335. The number of thiol groups is 1. The van der Waals surface area contributed by atoms with Gasteiger partial charge in [0, 0.05) is 5.69 Å². The van der Waals surface area contributed by atoms with Gasteiger partial charge in [0.25, 0.3) is 0 Å². The number of rotatable bonds is 6. The molecule has 0 aliphatic heterocycles. The second-order valence-electron chi connectivity index (χ2n) is 7.60. The van der Waals surface area contributed by atoms with Gasteiger partial charge in [-0.05, 0) is 36.4 Å². The molecule has 0 amide bonds. The van der Waals surface area contributed by atoms with Crippen molar-refractivity contribution in [3.8, 4) is 5.69 Å². The lowest BCUT2D eigenvalue weighted by Crippen LogP contribution is -2.56. The van der Waals surface area contributed by atoms with Gasteiger partial charge in [-0.2, -0.15) is 30.7 Å². The lowest BCUT2D eigenvalue weighted by atomic mass is 10.0. The molecule has 0 fully saturated rings. The zero-order valence-electron chi connectivity index (χ0n) is 18.5. The Labute approximate surface area is 215 Å². The molecule has 192 valence electrons. The van der Waals surface area contributed by atoms with E-state index >= 15 is 8.78 Å². The van der Waals surface area contributed by atoms with Crippen LogP contribution in [0.3, 0.4) is 0 Å². The molecule has 3 nitrogen and oxygen atoms in total. The van der Waals surface area contributed by atoms with Crippen LogP contribution in [0.15, 0.2) is 106 Å². The number of aromatic nitrogens is 1. The molecule has 3 aromatic carbocycles. The first kappa shape index (κ1) is 26.7. The average Bonchev–Trinajstić information content (AvgIpc) is 3.18. The molecule has 0 saturated carbocycles. The Morgan fingerprint density at radius 1 is 0.703 bits per heavy atom. The number of hydrogen-bond donors (Lipinski definition) is 1. The highest BCUT2D eigenvalue weighted by molar-refractivity contribution is 7.80. The quantitative estimate of drug-likeness (QED) is 0.142. The summed E-state index contributed by atoms with van der Waals surface area (Å²) in [5.74, 6) is -12.2. The first-order valence-electron chi connectivity index (χ1n) is 10.5. The Bertz CT molecular complexity index is 1460. The maximum atomic E-state index is 15.2. The van der Waals surface area contributed by atoms with E-state index in [1.54, 1.807) is 60.7 Å². The minimum absolute atomic E-state index is 0.00397. The van der Waals surface area contributed by atoms with Crippen molar-refractivity contribution < 1.29 is 30.7 Å². The van der Waals surface area contributed by atoms with E-state index in [9.17, 15) is 22.0 Å². The van der Waals surface area contributed by atoms with E-state index in [0.717, 1.165) is 0 Å². The number of thiazole rings is 1. The van der Waals surface area contributed by atoms with Gasteiger partial charge in [-0.25, -0.2) is 9.98 Å². The molecule has 1 aromatic heterocycles. The number of alkyl halides is 7. The summed E-state index contributed by atoms with van der Waals surface area (Å²) >= 11 is 4.75. The molecule has 0 radical (unpaired) electrons. The molecule has 0 atom stereocenters. The Kier molecular flexibility index (Phi) is 7.33. The Morgan fingerprint density at radius 2 is 1.19 bits per heavy atom. The van der Waals surface area contributed by atoms with Crippen LogP contribution in [0.1, 0.15) is 4.88 Å². The predicted octanol–water partition coefficient (Wildman–Crippen LogP) is 8.01. The zero-order chi connectivity index (χ0) is 26.8. The molecule has 0 aliphatic carbocycles. The third-order valence-electron chi connectivity index (χ3n) is 5.05. The summed E-state index contributed by atoms with van der Waals surface area (Å²) in [4.78, 5) is 7.30. The fourth-order valence-electron chi connectivity index (χ4n) is 3.25. The van der Waals surface area contributed by atoms with E-state index in [0.29, 0.717) is 22.7 Å². The summed E-state index contributed by atoms with van der Waals surface area (Å²) in [6.45, 7) is 0. The fraction of sp³-hybridized carbons (Fsp3) is 0.120. The van der Waals surface area contributed by atoms with Crippen molar-refractivity contribution >= 4 is 41.1 Å². The summed E-state index contributed by atoms with van der Waals surface area (Å²) in [7, 11) is 0. The largest absolute Gasteiger partial charge is 0.460 e. The SMILES string of the molecule is FC(F)(F)C(F)(F)C(F)(F)C(=Nc1ccccc1)c1sc(=Nc2ccccc2)n(-c2ccccc2)c1S. The minimum atomic E-state index is -6.55. The van der Waals surface area contributed by atoms with Crippen molar-refractivity contribution in [2.45, 2.75) is 23.0 Å². The number of para-hydroxylation sites is 3. The second kappa shape index (κ2) is 10.2. The van der Waals surface area contributed by atoms with E-state index in [4.69, 9.17) is 0 Å². The number of benzene rings is 3. The monoisotopic (exact) mass is 555 g/mol. The molecule has 0 saturated heterocycles. The van der Waals surface area contributed by atoms with Crippen molar-refractivity contribution in [1.82, 2.24) is 4.57 Å². The van der Waals surface area contributed by atoms with Crippen molar-refractivity contribution in [3.63, 3.8) is 0 Å². The molecular formula is C25H16F7N3S2. The highest BCUT2D eigenvalue weighted by Gasteiger charge is 2.75. The standard InChI is InChI=1S/C25H16F7N3S2/c26-23(27,24(28,29)25(30,31)32)20(33-16-10-4-1-5-11-16)19-21(36)35(18-14-8-3-9-15-18)22(37-19)34-17-12-6-2-7-13-17/h1-15,36H. The van der Waals surface area contributed by atoms with Crippen molar-refractivity contribution in [2.75, 3.05) is 0 Å². The lowest BCUT2D eigenvalue weighted by Gasteiger charge is -2.29. The van der Waals surface area contributed by atoms with Gasteiger partial charge < -0.3 is 0 Å². The first-order chi connectivity index (χ1) is 17.4. The molecule has 0 unspecified atom stereocenters. The van der Waals surface area contributed by atoms with Crippen LogP contribution in [0.25, 0.3) is 5.69 Å². The third kappa shape index (κ3) is 5.21. The van der Waals surface area contributed by atoms with E-state index in [-0.39, 0.29) is 15.5 Å². The number of halogens is 7. The van der Waals surface area contributed by atoms with Crippen molar-refractivity contribution in [1.29, 1.82) is 0 Å². The second-order valence-corrected chi connectivity index (χ2v) is 9.00. The fourth-order valence-corrected chi connectivity index (χ4v) is 4.84. The molecule has 4 aromatic rings. The summed E-state index contributed by atoms with van der Waals surface area (Å²) in [6.07, 6.45) is -6.55. The normalized spacial score (nSPS) is 13.7. The van der Waals surface area contributed by atoms with Crippen LogP contribution in [0.2, 0.25) is 0 Å². The third-order valence-corrected chi connectivity index (χ3v) is 6.68. The maximum absolute atomic E-state index is 15.2. The van der Waals surface area contributed by atoms with Gasteiger partial charge in [0.15, 0.2) is 4.80 Å². The minimum Gasteiger partial charge on any atom is -0.279 e. The molecule has 0 spiro atoms. The smallest absolute Gasteiger partial charge is 0.279 e. The number of nitrogens with zero attached hydrogens (tertiary/aromatic N) is 3. The highest BCUT2D eigenvalue weighted by Crippen LogP contribution is 2.49. The predicted molar refractivity (Wildman–Crippen MR) is 131 cm³/mol. The maximum Gasteiger partial charge on any atom is 0.460 e. The zero-order valence-corrected chi connectivity index (χ0v) is 20.2. The van der Waals surface area contributed by atoms with E-state index < -0.39 is 28.6 Å². The molecular weight excluding hydrogens is 539 g/mol. The van der Waals surface area contributed by atoms with Crippen LogP contribution < -0.4 is 4.80 Å². The summed E-state index contributed by atoms with van der Waals surface area (Å²) < 4.78 is 99.7. The first-order valence-corrected chi connectivity index (χ1v) is 11.8. The van der Waals surface area contributed by atoms with Crippen LogP contribution in [0, 0.1) is 0 Å². The Morgan fingerprint density at radius 3 is 1.70 bits per heavy atom. The summed E-state index contributed by atoms with van der Waals surface area (Å²) in [6, 6.07) is 23.1. The van der Waals surface area contributed by atoms with Crippen LogP contribution in [0.4, 0.5) is 42.1 Å². The molecule has 1 heterocycles. The molecule has 0 N–H and O–H groups in total. The van der Waals surface area contributed by atoms with E-state index in [1.807, 2.05) is 0 Å². The van der Waals surface area contributed by atoms with Crippen LogP contribution in [0.5, 0.6) is 0 Å². The van der Waals surface area contributed by atoms with Gasteiger partial charge >= 0.3 is 18.0 Å². The van der Waals surface area contributed by atoms with Gasteiger partial charge in [0.2, 0.25) is 0 Å². The van der Waals surface area contributed by atoms with Gasteiger partial charge in [-0.1, -0.05) is 65.9 Å². The molecule has 0 bridgehead atoms. The number of aliphatic imine (C=N–C) groups is 1. The number of hydrogen-bond acceptors (Lipinski definition) is 4.